The van der Waals surface area contributed by atoms with E-state index in [0.29, 0.717) is 5.75 Å². The van der Waals surface area contributed by atoms with Crippen LogP contribution in [0.5, 0.6) is 5.75 Å². The summed E-state index contributed by atoms with van der Waals surface area (Å²) in [6.45, 7) is 3.83. The molecule has 3 nitrogen and oxygen atoms in total. The normalized spacial score (nSPS) is 13.5. The van der Waals surface area contributed by atoms with E-state index >= 15 is 0 Å². The second kappa shape index (κ2) is 5.65. The van der Waals surface area contributed by atoms with Crippen LogP contribution in [0.15, 0.2) is 17.0 Å². The summed E-state index contributed by atoms with van der Waals surface area (Å²) in [5.74, 6) is 0.343. The summed E-state index contributed by atoms with van der Waals surface area (Å²) in [7, 11) is 1.30. The molecule has 7 heteroatoms. The van der Waals surface area contributed by atoms with E-state index in [0.717, 1.165) is 6.42 Å². The van der Waals surface area contributed by atoms with Crippen LogP contribution in [0.1, 0.15) is 20.3 Å². The van der Waals surface area contributed by atoms with Crippen LogP contribution in [0.2, 0.25) is 10.0 Å². The quantitative estimate of drug-likeness (QED) is 0.785. The van der Waals surface area contributed by atoms with Crippen LogP contribution in [0.4, 0.5) is 0 Å². The number of ether oxygens (including phenoxy) is 1. The van der Waals surface area contributed by atoms with Gasteiger partial charge in [-0.25, -0.2) is 8.42 Å². The summed E-state index contributed by atoms with van der Waals surface area (Å²) in [6.07, 6.45) is 0.755. The Kier molecular flexibility index (Phi) is 4.95. The van der Waals surface area contributed by atoms with E-state index in [9.17, 15) is 8.42 Å². The number of halogens is 3. The summed E-state index contributed by atoms with van der Waals surface area (Å²) in [4.78, 5) is -0.220. The van der Waals surface area contributed by atoms with Crippen molar-refractivity contribution in [3.8, 4) is 5.75 Å². The van der Waals surface area contributed by atoms with Gasteiger partial charge in [0.05, 0.1) is 11.1 Å². The Bertz CT molecular complexity index is 514. The monoisotopic (exact) mass is 316 g/mol. The van der Waals surface area contributed by atoms with Crippen molar-refractivity contribution in [1.29, 1.82) is 0 Å². The molecule has 0 amide bonds. The minimum Gasteiger partial charge on any atom is -0.489 e. The van der Waals surface area contributed by atoms with Crippen molar-refractivity contribution >= 4 is 42.9 Å². The molecule has 17 heavy (non-hydrogen) atoms. The largest absolute Gasteiger partial charge is 0.489 e. The van der Waals surface area contributed by atoms with Gasteiger partial charge in [0.2, 0.25) is 0 Å². The molecule has 1 aromatic rings. The van der Waals surface area contributed by atoms with E-state index in [-0.39, 0.29) is 21.0 Å². The second-order valence-corrected chi connectivity index (χ2v) is 6.75. The maximum atomic E-state index is 11.2. The Labute approximate surface area is 115 Å². The van der Waals surface area contributed by atoms with E-state index in [1.807, 2.05) is 13.8 Å². The van der Waals surface area contributed by atoms with Gasteiger partial charge < -0.3 is 4.74 Å². The Morgan fingerprint density at radius 3 is 2.35 bits per heavy atom. The van der Waals surface area contributed by atoms with Gasteiger partial charge in [-0.2, -0.15) is 0 Å². The lowest BCUT2D eigenvalue weighted by atomic mass is 10.3. The Morgan fingerprint density at radius 1 is 1.29 bits per heavy atom. The van der Waals surface area contributed by atoms with Crippen molar-refractivity contribution in [3.63, 3.8) is 0 Å². The maximum Gasteiger partial charge on any atom is 0.262 e. The standard InChI is InChI=1S/C10H11Cl3O3S/c1-3-6(2)16-7-4-5-8(17(13,14)15)10(12)9(7)11/h4-6H,3H2,1-2H3. The Balaban J connectivity index is 3.20. The van der Waals surface area contributed by atoms with Crippen LogP contribution < -0.4 is 4.74 Å². The van der Waals surface area contributed by atoms with Gasteiger partial charge >= 0.3 is 0 Å². The molecule has 0 saturated carbocycles. The lowest BCUT2D eigenvalue weighted by Crippen LogP contribution is -2.10. The molecule has 1 atom stereocenters. The van der Waals surface area contributed by atoms with Gasteiger partial charge in [0.25, 0.3) is 9.05 Å². The average Bonchev–Trinajstić information content (AvgIpc) is 2.22. The number of hydrogen-bond donors (Lipinski definition) is 0. The molecule has 0 heterocycles. The maximum absolute atomic E-state index is 11.2. The van der Waals surface area contributed by atoms with Gasteiger partial charge in [0.15, 0.2) is 0 Å². The van der Waals surface area contributed by atoms with Gasteiger partial charge in [-0.05, 0) is 25.5 Å². The molecule has 1 aromatic carbocycles. The van der Waals surface area contributed by atoms with Crippen molar-refractivity contribution in [3.05, 3.63) is 22.2 Å². The summed E-state index contributed by atoms with van der Waals surface area (Å²) >= 11 is 11.8. The molecule has 0 bridgehead atoms. The lowest BCUT2D eigenvalue weighted by molar-refractivity contribution is 0.217. The number of rotatable bonds is 4. The van der Waals surface area contributed by atoms with Gasteiger partial charge in [-0.1, -0.05) is 30.1 Å². The van der Waals surface area contributed by atoms with Crippen molar-refractivity contribution in [2.45, 2.75) is 31.3 Å². The summed E-state index contributed by atoms with van der Waals surface area (Å²) in [5.41, 5.74) is 0. The second-order valence-electron chi connectivity index (χ2n) is 3.46. The minimum atomic E-state index is -3.91. The first-order valence-electron chi connectivity index (χ1n) is 4.86. The molecular weight excluding hydrogens is 307 g/mol. The van der Waals surface area contributed by atoms with E-state index in [2.05, 4.69) is 0 Å². The van der Waals surface area contributed by atoms with Crippen LogP contribution in [-0.4, -0.2) is 14.5 Å². The molecule has 0 spiro atoms. The highest BCUT2D eigenvalue weighted by molar-refractivity contribution is 8.13. The van der Waals surface area contributed by atoms with Gasteiger partial charge in [0.1, 0.15) is 15.7 Å². The molecule has 1 unspecified atom stereocenters. The van der Waals surface area contributed by atoms with Gasteiger partial charge in [-0.15, -0.1) is 0 Å². The van der Waals surface area contributed by atoms with Crippen LogP contribution in [0, 0.1) is 0 Å². The third-order valence-electron chi connectivity index (χ3n) is 2.18. The lowest BCUT2D eigenvalue weighted by Gasteiger charge is -2.15. The van der Waals surface area contributed by atoms with E-state index in [4.69, 9.17) is 38.6 Å². The van der Waals surface area contributed by atoms with E-state index in [1.165, 1.54) is 12.1 Å². The molecule has 96 valence electrons. The highest BCUT2D eigenvalue weighted by Crippen LogP contribution is 2.38. The third-order valence-corrected chi connectivity index (χ3v) is 4.52. The molecule has 0 aromatic heterocycles. The average molecular weight is 318 g/mol. The topological polar surface area (TPSA) is 43.4 Å². The first kappa shape index (κ1) is 14.9. The summed E-state index contributed by atoms with van der Waals surface area (Å²) in [6, 6.07) is 2.71. The Hall–Kier alpha value is -0.160. The number of benzene rings is 1. The predicted octanol–water partition coefficient (Wildman–Crippen LogP) is 4.10. The van der Waals surface area contributed by atoms with Crippen molar-refractivity contribution in [2.24, 2.45) is 0 Å². The highest BCUT2D eigenvalue weighted by Gasteiger charge is 2.20. The minimum absolute atomic E-state index is 0.0398. The number of hydrogen-bond acceptors (Lipinski definition) is 3. The molecule has 0 saturated heterocycles. The molecule has 0 fully saturated rings. The summed E-state index contributed by atoms with van der Waals surface area (Å²) in [5, 5.41) is -0.0730. The van der Waals surface area contributed by atoms with Crippen molar-refractivity contribution < 1.29 is 13.2 Å². The fourth-order valence-electron chi connectivity index (χ4n) is 1.09. The van der Waals surface area contributed by atoms with Crippen LogP contribution in [-0.2, 0) is 9.05 Å². The van der Waals surface area contributed by atoms with E-state index in [1.54, 1.807) is 0 Å². The smallest absolute Gasteiger partial charge is 0.262 e. The molecule has 0 N–H and O–H groups in total. The molecule has 0 aliphatic heterocycles. The zero-order valence-electron chi connectivity index (χ0n) is 9.21. The van der Waals surface area contributed by atoms with Crippen LogP contribution in [0.3, 0.4) is 0 Å². The fourth-order valence-corrected chi connectivity index (χ4v) is 2.87. The molecular formula is C10H11Cl3O3S. The van der Waals surface area contributed by atoms with Crippen LogP contribution in [0.25, 0.3) is 0 Å². The van der Waals surface area contributed by atoms with Gasteiger partial charge in [-0.3, -0.25) is 0 Å². The zero-order valence-corrected chi connectivity index (χ0v) is 12.3. The highest BCUT2D eigenvalue weighted by atomic mass is 35.7. The van der Waals surface area contributed by atoms with Crippen LogP contribution >= 0.6 is 33.9 Å². The SMILES string of the molecule is CCC(C)Oc1ccc(S(=O)(=O)Cl)c(Cl)c1Cl. The Morgan fingerprint density at radius 2 is 1.88 bits per heavy atom. The van der Waals surface area contributed by atoms with Gasteiger partial charge in [0, 0.05) is 10.7 Å². The predicted molar refractivity (Wildman–Crippen MR) is 69.9 cm³/mol. The zero-order chi connectivity index (χ0) is 13.2. The third kappa shape index (κ3) is 3.65. The fraction of sp³-hybridized carbons (Fsp3) is 0.400. The van der Waals surface area contributed by atoms with Crippen molar-refractivity contribution in [1.82, 2.24) is 0 Å². The molecule has 0 aliphatic carbocycles. The first-order valence-corrected chi connectivity index (χ1v) is 7.93. The molecule has 1 rings (SSSR count). The molecule has 0 aliphatic rings. The van der Waals surface area contributed by atoms with Crippen molar-refractivity contribution in [2.75, 3.05) is 0 Å². The molecule has 0 radical (unpaired) electrons. The van der Waals surface area contributed by atoms with E-state index < -0.39 is 9.05 Å². The summed E-state index contributed by atoms with van der Waals surface area (Å²) < 4.78 is 27.8. The first-order chi connectivity index (χ1) is 7.77.